The van der Waals surface area contributed by atoms with Gasteiger partial charge in [0.25, 0.3) is 0 Å². The highest BCUT2D eigenvalue weighted by Crippen LogP contribution is 2.59. The van der Waals surface area contributed by atoms with Gasteiger partial charge in [0, 0.05) is 22.3 Å². The fraction of sp³-hybridized carbons (Fsp3) is 0.115. The molecule has 2 unspecified atom stereocenters. The van der Waals surface area contributed by atoms with Crippen molar-refractivity contribution in [1.82, 2.24) is 5.06 Å². The highest BCUT2D eigenvalue weighted by Gasteiger charge is 2.74. The van der Waals surface area contributed by atoms with Crippen molar-refractivity contribution >= 4 is 28.7 Å². The summed E-state index contributed by atoms with van der Waals surface area (Å²) in [7, 11) is 0. The third-order valence-electron chi connectivity index (χ3n) is 6.65. The Morgan fingerprint density at radius 2 is 1.42 bits per heavy atom. The van der Waals surface area contributed by atoms with Crippen molar-refractivity contribution in [2.24, 2.45) is 4.99 Å². The molecular weight excluding hydrogens is 420 g/mol. The second-order valence-corrected chi connectivity index (χ2v) is 8.46. The molecule has 0 radical (unpaired) electrons. The summed E-state index contributed by atoms with van der Waals surface area (Å²) in [6.45, 7) is 1.91. The van der Waals surface area contributed by atoms with Crippen LogP contribution >= 0.6 is 0 Å². The van der Waals surface area contributed by atoms with Gasteiger partial charge in [0.05, 0.1) is 17.0 Å². The Balaban J connectivity index is 1.70. The van der Waals surface area contributed by atoms with Crippen LogP contribution in [0.3, 0.4) is 0 Å². The second kappa shape index (κ2) is 6.32. The molecule has 0 aromatic heterocycles. The molecule has 3 aliphatic rings. The average Bonchev–Trinajstić information content (AvgIpc) is 3.13. The average molecular weight is 438 g/mol. The Morgan fingerprint density at radius 1 is 0.818 bits per heavy atom. The summed E-state index contributed by atoms with van der Waals surface area (Å²) in [5, 5.41) is 35.4. The molecular formula is C26H18N2O5. The Hall–Kier alpha value is -3.91. The Labute approximate surface area is 188 Å². The van der Waals surface area contributed by atoms with E-state index in [-0.39, 0.29) is 33.7 Å². The predicted octanol–water partition coefficient (Wildman–Crippen LogP) is 3.15. The number of aryl methyl sites for hydroxylation is 1. The number of aliphatic hydroxyl groups is 2. The van der Waals surface area contributed by atoms with Crippen LogP contribution in [0.5, 0.6) is 0 Å². The van der Waals surface area contributed by atoms with Crippen LogP contribution in [0.4, 0.5) is 5.69 Å². The molecule has 3 aromatic carbocycles. The summed E-state index contributed by atoms with van der Waals surface area (Å²) < 4.78 is 0. The van der Waals surface area contributed by atoms with Crippen LogP contribution in [-0.4, -0.2) is 43.4 Å². The Kier molecular flexibility index (Phi) is 3.79. The van der Waals surface area contributed by atoms with Gasteiger partial charge in [-0.25, -0.2) is 10.1 Å². The molecule has 0 saturated heterocycles. The molecule has 1 heterocycles. The third kappa shape index (κ3) is 2.21. The number of fused-ring (bicyclic) bond motifs is 6. The minimum atomic E-state index is -2.63. The number of carbonyl (C=O) groups is 2. The third-order valence-corrected chi connectivity index (χ3v) is 6.65. The number of ketones is 2. The maximum absolute atomic E-state index is 13.6. The number of carbonyl (C=O) groups excluding carboxylic acids is 2. The number of aliphatic imine (C=N–C) groups is 1. The molecule has 0 spiro atoms. The second-order valence-electron chi connectivity index (χ2n) is 8.46. The first-order chi connectivity index (χ1) is 15.8. The lowest BCUT2D eigenvalue weighted by molar-refractivity contribution is -0.264. The van der Waals surface area contributed by atoms with Gasteiger partial charge < -0.3 is 10.2 Å². The van der Waals surface area contributed by atoms with E-state index in [1.165, 1.54) is 12.1 Å². The molecule has 2 aliphatic carbocycles. The van der Waals surface area contributed by atoms with Gasteiger partial charge in [0.1, 0.15) is 5.71 Å². The fourth-order valence-electron chi connectivity index (χ4n) is 5.04. The number of nitrogens with zero attached hydrogens (tertiary/aromatic N) is 2. The Morgan fingerprint density at radius 3 is 2.12 bits per heavy atom. The maximum atomic E-state index is 13.6. The predicted molar refractivity (Wildman–Crippen MR) is 119 cm³/mol. The van der Waals surface area contributed by atoms with E-state index in [1.807, 2.05) is 19.1 Å². The van der Waals surface area contributed by atoms with Gasteiger partial charge in [-0.3, -0.25) is 14.8 Å². The molecule has 3 N–H and O–H groups in total. The summed E-state index contributed by atoms with van der Waals surface area (Å²) in [5.74, 6) is -1.33. The number of benzene rings is 3. The highest BCUT2D eigenvalue weighted by molar-refractivity contribution is 6.56. The number of hydrogen-bond donors (Lipinski definition) is 3. The van der Waals surface area contributed by atoms with E-state index in [4.69, 9.17) is 0 Å². The van der Waals surface area contributed by atoms with E-state index < -0.39 is 22.9 Å². The van der Waals surface area contributed by atoms with Crippen LogP contribution < -0.4 is 0 Å². The minimum Gasteiger partial charge on any atom is -0.372 e. The number of hydroxylamine groups is 2. The van der Waals surface area contributed by atoms with Crippen molar-refractivity contribution in [2.75, 3.05) is 0 Å². The van der Waals surface area contributed by atoms with Gasteiger partial charge in [0.2, 0.25) is 22.9 Å². The topological polar surface area (TPSA) is 110 Å². The molecule has 162 valence electrons. The zero-order chi connectivity index (χ0) is 23.1. The lowest BCUT2D eigenvalue weighted by Crippen LogP contribution is -2.57. The van der Waals surface area contributed by atoms with Gasteiger partial charge >= 0.3 is 0 Å². The SMILES string of the molecule is Cc1ccc(N=C2C(=O)c3ccccc3C3=C2C2(O)C(=O)c4ccccc4C2(O)N3O)cc1. The molecule has 0 amide bonds. The summed E-state index contributed by atoms with van der Waals surface area (Å²) in [6.07, 6.45) is 0. The number of hydrogen-bond acceptors (Lipinski definition) is 7. The molecule has 1 aliphatic heterocycles. The van der Waals surface area contributed by atoms with E-state index in [9.17, 15) is 25.0 Å². The van der Waals surface area contributed by atoms with Crippen molar-refractivity contribution in [1.29, 1.82) is 0 Å². The zero-order valence-electron chi connectivity index (χ0n) is 17.5. The van der Waals surface area contributed by atoms with Crippen molar-refractivity contribution < 1.29 is 25.0 Å². The summed E-state index contributed by atoms with van der Waals surface area (Å²) in [5.41, 5.74) is -3.50. The Bertz CT molecular complexity index is 1460. The van der Waals surface area contributed by atoms with Crippen molar-refractivity contribution in [3.05, 3.63) is 106 Å². The van der Waals surface area contributed by atoms with E-state index >= 15 is 0 Å². The van der Waals surface area contributed by atoms with Crippen LogP contribution in [0.15, 0.2) is 83.4 Å². The van der Waals surface area contributed by atoms with Crippen LogP contribution in [0, 0.1) is 6.92 Å². The largest absolute Gasteiger partial charge is 0.372 e. The quantitative estimate of drug-likeness (QED) is 0.538. The molecule has 6 rings (SSSR count). The van der Waals surface area contributed by atoms with Crippen LogP contribution in [0.1, 0.15) is 37.4 Å². The molecule has 7 nitrogen and oxygen atoms in total. The first-order valence-corrected chi connectivity index (χ1v) is 10.4. The lowest BCUT2D eigenvalue weighted by Gasteiger charge is -2.35. The van der Waals surface area contributed by atoms with Crippen molar-refractivity contribution in [3.8, 4) is 0 Å². The maximum Gasteiger partial charge on any atom is 0.230 e. The molecule has 3 aromatic rings. The number of Topliss-reactive ketones (excluding diaryl/α,β-unsaturated/α-hetero) is 2. The van der Waals surface area contributed by atoms with Crippen molar-refractivity contribution in [3.63, 3.8) is 0 Å². The minimum absolute atomic E-state index is 0.0242. The summed E-state index contributed by atoms with van der Waals surface area (Å²) in [4.78, 5) is 31.6. The van der Waals surface area contributed by atoms with Gasteiger partial charge in [-0.2, -0.15) is 0 Å². The standard InChI is InChI=1S/C26H18N2O5/c1-14-10-12-15(13-11-14)27-21-20-22(16-6-2-3-7-17(16)23(21)29)28(33)26(32)19-9-5-4-8-18(19)24(30)25(20,26)31/h2-13,31-33H,1H3. The van der Waals surface area contributed by atoms with Gasteiger partial charge in [0.15, 0.2) is 0 Å². The first kappa shape index (κ1) is 19.8. The summed E-state index contributed by atoms with van der Waals surface area (Å²) >= 11 is 0. The highest BCUT2D eigenvalue weighted by atomic mass is 16.6. The smallest absolute Gasteiger partial charge is 0.230 e. The normalized spacial score (nSPS) is 26.4. The lowest BCUT2D eigenvalue weighted by atomic mass is 9.77. The zero-order valence-corrected chi connectivity index (χ0v) is 17.5. The van der Waals surface area contributed by atoms with Crippen LogP contribution in [0.25, 0.3) is 5.70 Å². The monoisotopic (exact) mass is 438 g/mol. The first-order valence-electron chi connectivity index (χ1n) is 10.4. The fourth-order valence-corrected chi connectivity index (χ4v) is 5.04. The molecule has 0 bridgehead atoms. The molecule has 0 fully saturated rings. The van der Waals surface area contributed by atoms with E-state index in [1.54, 1.807) is 48.5 Å². The molecule has 0 saturated carbocycles. The van der Waals surface area contributed by atoms with Gasteiger partial charge in [-0.1, -0.05) is 66.2 Å². The van der Waals surface area contributed by atoms with Crippen LogP contribution in [-0.2, 0) is 5.72 Å². The molecule has 33 heavy (non-hydrogen) atoms. The van der Waals surface area contributed by atoms with Gasteiger partial charge in [-0.05, 0) is 19.1 Å². The van der Waals surface area contributed by atoms with Crippen LogP contribution in [0.2, 0.25) is 0 Å². The van der Waals surface area contributed by atoms with E-state index in [0.29, 0.717) is 16.3 Å². The van der Waals surface area contributed by atoms with E-state index in [0.717, 1.165) is 5.56 Å². The summed E-state index contributed by atoms with van der Waals surface area (Å²) in [6, 6.07) is 19.7. The van der Waals surface area contributed by atoms with Crippen molar-refractivity contribution in [2.45, 2.75) is 18.2 Å². The molecule has 2 atom stereocenters. The molecule has 7 heteroatoms. The number of rotatable bonds is 1. The van der Waals surface area contributed by atoms with E-state index in [2.05, 4.69) is 4.99 Å². The van der Waals surface area contributed by atoms with Gasteiger partial charge in [-0.15, -0.1) is 0 Å².